The minimum atomic E-state index is -4.74. The molecule has 10 heteroatoms. The van der Waals surface area contributed by atoms with Gasteiger partial charge in [0.15, 0.2) is 5.96 Å². The summed E-state index contributed by atoms with van der Waals surface area (Å²) >= 11 is 0. The molecule has 1 aromatic carbocycles. The Hall–Kier alpha value is -1.27. The molecule has 1 saturated heterocycles. The summed E-state index contributed by atoms with van der Waals surface area (Å²) in [6, 6.07) is 5.17. The third kappa shape index (κ3) is 9.69. The van der Waals surface area contributed by atoms with E-state index in [-0.39, 0.29) is 36.3 Å². The van der Waals surface area contributed by atoms with E-state index < -0.39 is 12.5 Å². The van der Waals surface area contributed by atoms with Crippen molar-refractivity contribution in [1.82, 2.24) is 10.2 Å². The molecule has 172 valence electrons. The van der Waals surface area contributed by atoms with Gasteiger partial charge in [0.05, 0.1) is 12.6 Å². The van der Waals surface area contributed by atoms with Gasteiger partial charge in [0.1, 0.15) is 5.75 Å². The minimum Gasteiger partial charge on any atom is -0.406 e. The van der Waals surface area contributed by atoms with Crippen LogP contribution in [0.3, 0.4) is 0 Å². The maximum absolute atomic E-state index is 12.2. The normalized spacial score (nSPS) is 16.5. The molecule has 1 aromatic rings. The maximum Gasteiger partial charge on any atom is 0.573 e. The predicted molar refractivity (Wildman–Crippen MR) is 120 cm³/mol. The summed E-state index contributed by atoms with van der Waals surface area (Å²) in [7, 11) is 1.95. The highest BCUT2D eigenvalue weighted by atomic mass is 127. The zero-order valence-electron chi connectivity index (χ0n) is 17.3. The summed E-state index contributed by atoms with van der Waals surface area (Å²) in [6.45, 7) is 5.25. The van der Waals surface area contributed by atoms with Crippen molar-refractivity contribution in [3.8, 4) is 5.75 Å². The topological polar surface area (TPSA) is 66.3 Å². The minimum absolute atomic E-state index is 0. The molecular weight excluding hydrogens is 514 g/mol. The smallest absolute Gasteiger partial charge is 0.406 e. The molecule has 0 bridgehead atoms. The Bertz CT molecular complexity index is 638. The first-order chi connectivity index (χ1) is 13.8. The van der Waals surface area contributed by atoms with E-state index in [1.807, 2.05) is 18.9 Å². The summed E-state index contributed by atoms with van der Waals surface area (Å²) < 4.78 is 45.9. The number of hydrogen-bond donors (Lipinski definition) is 2. The number of aliphatic hydroxyl groups is 1. The van der Waals surface area contributed by atoms with Gasteiger partial charge in [-0.15, -0.1) is 37.1 Å². The van der Waals surface area contributed by atoms with Crippen molar-refractivity contribution in [3.05, 3.63) is 29.8 Å². The van der Waals surface area contributed by atoms with Crippen molar-refractivity contribution >= 4 is 29.9 Å². The molecule has 2 rings (SSSR count). The highest BCUT2D eigenvalue weighted by Gasteiger charge is 2.31. The maximum atomic E-state index is 12.2. The standard InChI is InChI=1S/C20H30F3N3O3.HI/c1-3-24-19(26(2)11-8-15-9-12-28-13-10-15)25-14-18(27)16-4-6-17(7-5-16)29-20(21,22)23;/h4-7,15,18,27H,3,8-14H2,1-2H3,(H,24,25);1H. The summed E-state index contributed by atoms with van der Waals surface area (Å²) in [5.41, 5.74) is 0.476. The van der Waals surface area contributed by atoms with E-state index in [0.717, 1.165) is 39.0 Å². The van der Waals surface area contributed by atoms with Crippen molar-refractivity contribution in [1.29, 1.82) is 0 Å². The van der Waals surface area contributed by atoms with Gasteiger partial charge in [0.25, 0.3) is 0 Å². The van der Waals surface area contributed by atoms with E-state index in [1.165, 1.54) is 24.3 Å². The van der Waals surface area contributed by atoms with E-state index in [1.54, 1.807) is 0 Å². The molecular formula is C20H31F3IN3O3. The van der Waals surface area contributed by atoms with Crippen LogP contribution in [0, 0.1) is 5.92 Å². The number of hydrogen-bond acceptors (Lipinski definition) is 4. The number of aliphatic imine (C=N–C) groups is 1. The van der Waals surface area contributed by atoms with Gasteiger partial charge in [0, 0.05) is 33.4 Å². The molecule has 6 nitrogen and oxygen atoms in total. The number of ether oxygens (including phenoxy) is 2. The second-order valence-electron chi connectivity index (χ2n) is 7.09. The molecule has 0 aromatic heterocycles. The Morgan fingerprint density at radius 2 is 1.93 bits per heavy atom. The molecule has 0 aliphatic carbocycles. The average molecular weight is 545 g/mol. The van der Waals surface area contributed by atoms with Gasteiger partial charge in [0.2, 0.25) is 0 Å². The van der Waals surface area contributed by atoms with Gasteiger partial charge in [-0.3, -0.25) is 4.99 Å². The molecule has 1 fully saturated rings. The van der Waals surface area contributed by atoms with Gasteiger partial charge in [-0.05, 0) is 49.8 Å². The molecule has 1 heterocycles. The van der Waals surface area contributed by atoms with Gasteiger partial charge in [-0.25, -0.2) is 0 Å². The molecule has 0 amide bonds. The Morgan fingerprint density at radius 1 is 1.30 bits per heavy atom. The van der Waals surface area contributed by atoms with Crippen LogP contribution < -0.4 is 10.1 Å². The molecule has 0 radical (unpaired) electrons. The second-order valence-corrected chi connectivity index (χ2v) is 7.09. The van der Waals surface area contributed by atoms with Gasteiger partial charge in [-0.1, -0.05) is 12.1 Å². The first kappa shape index (κ1) is 26.8. The molecule has 30 heavy (non-hydrogen) atoms. The lowest BCUT2D eigenvalue weighted by Gasteiger charge is -2.27. The van der Waals surface area contributed by atoms with Crippen LogP contribution in [0.4, 0.5) is 13.2 Å². The SMILES string of the molecule is CCNC(=NCC(O)c1ccc(OC(F)(F)F)cc1)N(C)CCC1CCOCC1.I. The highest BCUT2D eigenvalue weighted by Crippen LogP contribution is 2.24. The van der Waals surface area contributed by atoms with Crippen molar-refractivity contribution < 1.29 is 27.8 Å². The Labute approximate surface area is 192 Å². The van der Waals surface area contributed by atoms with Gasteiger partial charge in [-0.2, -0.15) is 0 Å². The van der Waals surface area contributed by atoms with Crippen LogP contribution in [-0.2, 0) is 4.74 Å². The van der Waals surface area contributed by atoms with Crippen LogP contribution in [0.2, 0.25) is 0 Å². The van der Waals surface area contributed by atoms with E-state index in [4.69, 9.17) is 4.74 Å². The summed E-state index contributed by atoms with van der Waals surface area (Å²) in [4.78, 5) is 6.51. The molecule has 0 spiro atoms. The quantitative estimate of drug-likeness (QED) is 0.294. The van der Waals surface area contributed by atoms with Gasteiger partial charge < -0.3 is 24.8 Å². The fraction of sp³-hybridized carbons (Fsp3) is 0.650. The molecule has 1 atom stereocenters. The van der Waals surface area contributed by atoms with Crippen molar-refractivity contribution in [3.63, 3.8) is 0 Å². The van der Waals surface area contributed by atoms with Crippen LogP contribution in [0.1, 0.15) is 37.9 Å². The molecule has 1 aliphatic rings. The highest BCUT2D eigenvalue weighted by molar-refractivity contribution is 14.0. The monoisotopic (exact) mass is 545 g/mol. The van der Waals surface area contributed by atoms with Crippen LogP contribution >= 0.6 is 24.0 Å². The lowest BCUT2D eigenvalue weighted by molar-refractivity contribution is -0.274. The van der Waals surface area contributed by atoms with Crippen LogP contribution in [0.5, 0.6) is 5.75 Å². The summed E-state index contributed by atoms with van der Waals surface area (Å²) in [6.07, 6.45) is -2.45. The second kappa shape index (κ2) is 13.2. The number of rotatable bonds is 8. The first-order valence-corrected chi connectivity index (χ1v) is 9.89. The largest absolute Gasteiger partial charge is 0.573 e. The fourth-order valence-corrected chi connectivity index (χ4v) is 3.16. The molecule has 1 unspecified atom stereocenters. The fourth-order valence-electron chi connectivity index (χ4n) is 3.16. The number of halogens is 4. The van der Waals surface area contributed by atoms with E-state index in [2.05, 4.69) is 15.0 Å². The zero-order valence-corrected chi connectivity index (χ0v) is 19.7. The Morgan fingerprint density at radius 3 is 2.50 bits per heavy atom. The van der Waals surface area contributed by atoms with E-state index >= 15 is 0 Å². The number of aliphatic hydroxyl groups excluding tert-OH is 1. The van der Waals surface area contributed by atoms with Crippen molar-refractivity contribution in [2.75, 3.05) is 39.9 Å². The Balaban J connectivity index is 0.00000450. The number of alkyl halides is 3. The number of nitrogens with one attached hydrogen (secondary N) is 1. The zero-order chi connectivity index (χ0) is 21.3. The number of guanidine groups is 1. The molecule has 2 N–H and O–H groups in total. The van der Waals surface area contributed by atoms with Crippen LogP contribution in [-0.4, -0.2) is 62.2 Å². The predicted octanol–water partition coefficient (Wildman–Crippen LogP) is 3.95. The van der Waals surface area contributed by atoms with E-state index in [0.29, 0.717) is 24.0 Å². The lowest BCUT2D eigenvalue weighted by Crippen LogP contribution is -2.40. The first-order valence-electron chi connectivity index (χ1n) is 9.89. The third-order valence-corrected chi connectivity index (χ3v) is 4.82. The van der Waals surface area contributed by atoms with Crippen LogP contribution in [0.25, 0.3) is 0 Å². The summed E-state index contributed by atoms with van der Waals surface area (Å²) in [5, 5.41) is 13.6. The van der Waals surface area contributed by atoms with E-state index in [9.17, 15) is 18.3 Å². The van der Waals surface area contributed by atoms with Crippen molar-refractivity contribution in [2.24, 2.45) is 10.9 Å². The molecule has 0 saturated carbocycles. The van der Waals surface area contributed by atoms with Crippen LogP contribution in [0.15, 0.2) is 29.3 Å². The third-order valence-electron chi connectivity index (χ3n) is 4.82. The van der Waals surface area contributed by atoms with Crippen molar-refractivity contribution in [2.45, 2.75) is 38.7 Å². The molecule has 1 aliphatic heterocycles. The average Bonchev–Trinajstić information content (AvgIpc) is 2.69. The number of nitrogens with zero attached hydrogens (tertiary/aromatic N) is 2. The van der Waals surface area contributed by atoms with Gasteiger partial charge >= 0.3 is 6.36 Å². The lowest BCUT2D eigenvalue weighted by atomic mass is 9.96. The summed E-state index contributed by atoms with van der Waals surface area (Å²) in [5.74, 6) is 1.02. The number of benzene rings is 1. The Kier molecular flexibility index (Phi) is 11.8.